The first-order valence-electron chi connectivity index (χ1n) is 8.51. The Morgan fingerprint density at radius 3 is 2.88 bits per heavy atom. The summed E-state index contributed by atoms with van der Waals surface area (Å²) in [6.07, 6.45) is 1.12. The molecule has 1 aliphatic rings. The van der Waals surface area contributed by atoms with Crippen LogP contribution in [-0.2, 0) is 13.0 Å². The van der Waals surface area contributed by atoms with Crippen LogP contribution in [0, 0.1) is 5.82 Å². The number of nitrogens with one attached hydrogen (secondary N) is 1. The zero-order valence-corrected chi connectivity index (χ0v) is 14.4. The van der Waals surface area contributed by atoms with Gasteiger partial charge in [0.05, 0.1) is 6.61 Å². The highest BCUT2D eigenvalue weighted by Gasteiger charge is 2.22. The van der Waals surface area contributed by atoms with Gasteiger partial charge in [-0.2, -0.15) is 0 Å². The van der Waals surface area contributed by atoms with Gasteiger partial charge in [-0.1, -0.05) is 18.2 Å². The first-order valence-corrected chi connectivity index (χ1v) is 8.51. The van der Waals surface area contributed by atoms with Crippen LogP contribution in [-0.4, -0.2) is 12.7 Å². The molecule has 2 aromatic rings. The Morgan fingerprint density at radius 1 is 1.33 bits per heavy atom. The van der Waals surface area contributed by atoms with Crippen LogP contribution in [0.15, 0.2) is 36.4 Å². The summed E-state index contributed by atoms with van der Waals surface area (Å²) in [4.78, 5) is 0. The highest BCUT2D eigenvalue weighted by Crippen LogP contribution is 2.35. The van der Waals surface area contributed by atoms with Gasteiger partial charge in [0, 0.05) is 35.7 Å². The van der Waals surface area contributed by atoms with Gasteiger partial charge in [0.2, 0.25) is 0 Å². The predicted octanol–water partition coefficient (Wildman–Crippen LogP) is 4.40. The van der Waals surface area contributed by atoms with Gasteiger partial charge in [-0.05, 0) is 39.0 Å². The van der Waals surface area contributed by atoms with Crippen molar-refractivity contribution in [1.82, 2.24) is 5.32 Å². The van der Waals surface area contributed by atoms with Crippen LogP contribution in [0.3, 0.4) is 0 Å². The van der Waals surface area contributed by atoms with E-state index in [0.717, 1.165) is 23.5 Å². The third kappa shape index (κ3) is 3.54. The van der Waals surface area contributed by atoms with Crippen molar-refractivity contribution >= 4 is 0 Å². The van der Waals surface area contributed by atoms with Crippen molar-refractivity contribution in [3.05, 3.63) is 58.9 Å². The molecule has 1 aliphatic heterocycles. The maximum absolute atomic E-state index is 13.9. The van der Waals surface area contributed by atoms with Gasteiger partial charge in [0.1, 0.15) is 23.4 Å². The van der Waals surface area contributed by atoms with Crippen molar-refractivity contribution in [3.63, 3.8) is 0 Å². The van der Waals surface area contributed by atoms with Gasteiger partial charge in [-0.15, -0.1) is 0 Å². The molecule has 2 atom stereocenters. The van der Waals surface area contributed by atoms with E-state index >= 15 is 0 Å². The second-order valence-corrected chi connectivity index (χ2v) is 6.26. The molecule has 24 heavy (non-hydrogen) atoms. The smallest absolute Gasteiger partial charge is 0.127 e. The molecule has 3 rings (SSSR count). The number of halogens is 1. The van der Waals surface area contributed by atoms with E-state index in [1.165, 1.54) is 11.6 Å². The molecule has 0 bridgehead atoms. The summed E-state index contributed by atoms with van der Waals surface area (Å²) in [5.74, 6) is 1.62. The highest BCUT2D eigenvalue weighted by molar-refractivity contribution is 5.48. The number of rotatable bonds is 6. The fourth-order valence-corrected chi connectivity index (χ4v) is 3.11. The van der Waals surface area contributed by atoms with Crippen molar-refractivity contribution in [3.8, 4) is 11.5 Å². The Hall–Kier alpha value is -2.07. The fraction of sp³-hybridized carbons (Fsp3) is 0.400. The minimum Gasteiger partial charge on any atom is -0.494 e. The van der Waals surface area contributed by atoms with E-state index in [0.29, 0.717) is 18.7 Å². The molecule has 3 nitrogen and oxygen atoms in total. The summed E-state index contributed by atoms with van der Waals surface area (Å²) >= 11 is 0. The average molecular weight is 329 g/mol. The number of hydrogen-bond acceptors (Lipinski definition) is 3. The molecule has 0 saturated heterocycles. The Kier molecular flexibility index (Phi) is 5.05. The van der Waals surface area contributed by atoms with Crippen LogP contribution < -0.4 is 14.8 Å². The minimum atomic E-state index is -0.186. The normalized spacial score (nSPS) is 17.2. The second-order valence-electron chi connectivity index (χ2n) is 6.26. The molecule has 4 heteroatoms. The molecule has 2 unspecified atom stereocenters. The molecular formula is C20H24FNO2. The monoisotopic (exact) mass is 329 g/mol. The lowest BCUT2D eigenvalue weighted by molar-refractivity contribution is 0.254. The molecule has 0 saturated carbocycles. The van der Waals surface area contributed by atoms with Crippen molar-refractivity contribution in [2.24, 2.45) is 0 Å². The Morgan fingerprint density at radius 2 is 2.12 bits per heavy atom. The van der Waals surface area contributed by atoms with Gasteiger partial charge >= 0.3 is 0 Å². The van der Waals surface area contributed by atoms with Gasteiger partial charge in [0.25, 0.3) is 0 Å². The summed E-state index contributed by atoms with van der Waals surface area (Å²) in [5, 5.41) is 3.38. The SMILES string of the molecule is CCOc1cc2c(cc1CNC(C)c1ccccc1F)OC(C)C2. The van der Waals surface area contributed by atoms with Crippen LogP contribution in [0.5, 0.6) is 11.5 Å². The molecule has 2 aromatic carbocycles. The van der Waals surface area contributed by atoms with E-state index in [9.17, 15) is 4.39 Å². The lowest BCUT2D eigenvalue weighted by Crippen LogP contribution is -2.19. The first-order chi connectivity index (χ1) is 11.6. The summed E-state index contributed by atoms with van der Waals surface area (Å²) in [6.45, 7) is 7.22. The predicted molar refractivity (Wildman–Crippen MR) is 93.1 cm³/mol. The Labute approximate surface area is 142 Å². The lowest BCUT2D eigenvalue weighted by atomic mass is 10.0. The molecule has 1 heterocycles. The van der Waals surface area contributed by atoms with E-state index in [2.05, 4.69) is 18.3 Å². The second kappa shape index (κ2) is 7.22. The summed E-state index contributed by atoms with van der Waals surface area (Å²) < 4.78 is 25.5. The molecule has 0 fully saturated rings. The van der Waals surface area contributed by atoms with Gasteiger partial charge in [-0.3, -0.25) is 0 Å². The maximum atomic E-state index is 13.9. The average Bonchev–Trinajstić information content (AvgIpc) is 2.92. The van der Waals surface area contributed by atoms with Gasteiger partial charge in [-0.25, -0.2) is 4.39 Å². The summed E-state index contributed by atoms with van der Waals surface area (Å²) in [7, 11) is 0. The Balaban J connectivity index is 1.77. The standard InChI is InChI=1S/C20H24FNO2/c1-4-23-19-10-15-9-13(2)24-20(15)11-16(19)12-22-14(3)17-7-5-6-8-18(17)21/h5-8,10-11,13-14,22H,4,9,12H2,1-3H3. The third-order valence-corrected chi connectivity index (χ3v) is 4.35. The third-order valence-electron chi connectivity index (χ3n) is 4.35. The molecule has 0 aromatic heterocycles. The van der Waals surface area contributed by atoms with E-state index in [1.54, 1.807) is 6.07 Å². The van der Waals surface area contributed by atoms with Crippen molar-refractivity contribution in [2.75, 3.05) is 6.61 Å². The lowest BCUT2D eigenvalue weighted by Gasteiger charge is -2.17. The van der Waals surface area contributed by atoms with E-state index in [4.69, 9.17) is 9.47 Å². The van der Waals surface area contributed by atoms with Gasteiger partial charge < -0.3 is 14.8 Å². The Bertz CT molecular complexity index is 717. The number of benzene rings is 2. The fourth-order valence-electron chi connectivity index (χ4n) is 3.11. The zero-order chi connectivity index (χ0) is 17.1. The molecule has 128 valence electrons. The van der Waals surface area contributed by atoms with Crippen molar-refractivity contribution in [1.29, 1.82) is 0 Å². The first kappa shape index (κ1) is 16.8. The quantitative estimate of drug-likeness (QED) is 0.852. The van der Waals surface area contributed by atoms with Crippen LogP contribution in [0.2, 0.25) is 0 Å². The minimum absolute atomic E-state index is 0.0891. The molecule has 0 amide bonds. The van der Waals surface area contributed by atoms with Crippen molar-refractivity contribution in [2.45, 2.75) is 45.9 Å². The molecular weight excluding hydrogens is 305 g/mol. The van der Waals surface area contributed by atoms with Crippen LogP contribution in [0.1, 0.15) is 43.5 Å². The molecule has 0 spiro atoms. The number of hydrogen-bond donors (Lipinski definition) is 1. The largest absolute Gasteiger partial charge is 0.494 e. The topological polar surface area (TPSA) is 30.5 Å². The molecule has 0 radical (unpaired) electrons. The van der Waals surface area contributed by atoms with Crippen molar-refractivity contribution < 1.29 is 13.9 Å². The van der Waals surface area contributed by atoms with E-state index < -0.39 is 0 Å². The maximum Gasteiger partial charge on any atom is 0.127 e. The van der Waals surface area contributed by atoms with Crippen LogP contribution >= 0.6 is 0 Å². The van der Waals surface area contributed by atoms with E-state index in [-0.39, 0.29) is 18.0 Å². The highest BCUT2D eigenvalue weighted by atomic mass is 19.1. The zero-order valence-electron chi connectivity index (χ0n) is 14.4. The summed E-state index contributed by atoms with van der Waals surface area (Å²) in [6, 6.07) is 10.9. The molecule has 1 N–H and O–H groups in total. The number of fused-ring (bicyclic) bond motifs is 1. The van der Waals surface area contributed by atoms with Gasteiger partial charge in [0.15, 0.2) is 0 Å². The van der Waals surface area contributed by atoms with E-state index in [1.807, 2.05) is 32.0 Å². The van der Waals surface area contributed by atoms with Crippen LogP contribution in [0.4, 0.5) is 4.39 Å². The van der Waals surface area contributed by atoms with Crippen LogP contribution in [0.25, 0.3) is 0 Å². The number of ether oxygens (including phenoxy) is 2. The molecule has 0 aliphatic carbocycles. The summed E-state index contributed by atoms with van der Waals surface area (Å²) in [5.41, 5.74) is 2.89.